The summed E-state index contributed by atoms with van der Waals surface area (Å²) >= 11 is 0. The van der Waals surface area contributed by atoms with Gasteiger partial charge in [-0.05, 0) is 30.3 Å². The Bertz CT molecular complexity index is 679. The second-order valence-corrected chi connectivity index (χ2v) is 5.21. The van der Waals surface area contributed by atoms with Crippen molar-refractivity contribution in [2.24, 2.45) is 5.73 Å². The van der Waals surface area contributed by atoms with Gasteiger partial charge in [0.05, 0.1) is 17.7 Å². The highest BCUT2D eigenvalue weighted by atomic mass is 35.5. The van der Waals surface area contributed by atoms with E-state index in [1.165, 1.54) is 12.1 Å². The van der Waals surface area contributed by atoms with E-state index >= 15 is 0 Å². The summed E-state index contributed by atoms with van der Waals surface area (Å²) in [5.74, 6) is 0.101. The van der Waals surface area contributed by atoms with Gasteiger partial charge in [0.2, 0.25) is 0 Å². The Morgan fingerprint density at radius 3 is 1.92 bits per heavy atom. The maximum absolute atomic E-state index is 12.8. The van der Waals surface area contributed by atoms with E-state index in [-0.39, 0.29) is 48.6 Å². The van der Waals surface area contributed by atoms with Gasteiger partial charge in [0, 0.05) is 18.0 Å². The van der Waals surface area contributed by atoms with Crippen LogP contribution in [0, 0.1) is 0 Å². The molecule has 0 saturated heterocycles. The van der Waals surface area contributed by atoms with E-state index in [0.29, 0.717) is 12.1 Å². The third kappa shape index (κ3) is 5.38. The quantitative estimate of drug-likeness (QED) is 0.768. The molecule has 0 bridgehead atoms. The average molecular weight is 390 g/mol. The summed E-state index contributed by atoms with van der Waals surface area (Å²) in [5.41, 5.74) is 2.32. The first-order valence-corrected chi connectivity index (χ1v) is 6.75. The molecule has 2 rings (SSSR count). The van der Waals surface area contributed by atoms with E-state index in [2.05, 4.69) is 0 Å². The lowest BCUT2D eigenvalue weighted by molar-refractivity contribution is -0.143. The number of halogens is 7. The Hall–Kier alpha value is -1.71. The third-order valence-corrected chi connectivity index (χ3v) is 3.23. The fourth-order valence-corrected chi connectivity index (χ4v) is 2.06. The molecule has 1 unspecified atom stereocenters. The fourth-order valence-electron chi connectivity index (χ4n) is 2.06. The van der Waals surface area contributed by atoms with Gasteiger partial charge >= 0.3 is 12.4 Å². The first kappa shape index (κ1) is 21.3. The molecule has 1 heterocycles. The number of benzene rings is 1. The lowest BCUT2D eigenvalue weighted by atomic mass is 10.0. The lowest BCUT2D eigenvalue weighted by Crippen LogP contribution is -2.26. The zero-order valence-electron chi connectivity index (χ0n) is 12.5. The van der Waals surface area contributed by atoms with Crippen LogP contribution in [0.1, 0.15) is 16.9 Å². The van der Waals surface area contributed by atoms with Crippen molar-refractivity contribution in [2.75, 3.05) is 6.61 Å². The number of hydrogen-bond acceptors (Lipinski definition) is 3. The molecule has 3 N–H and O–H groups in total. The number of rotatable bonds is 4. The van der Waals surface area contributed by atoms with Crippen molar-refractivity contribution >= 4 is 12.4 Å². The first-order chi connectivity index (χ1) is 11.0. The van der Waals surface area contributed by atoms with Crippen LogP contribution in [0.15, 0.2) is 34.7 Å². The SMILES string of the molecule is Cl.NC(CO)Cc1ccc(-c2cc(C(F)(F)F)cc(C(F)(F)F)c2)o1. The van der Waals surface area contributed by atoms with Crippen molar-refractivity contribution in [1.29, 1.82) is 0 Å². The average Bonchev–Trinajstić information content (AvgIpc) is 2.93. The van der Waals surface area contributed by atoms with Crippen molar-refractivity contribution < 1.29 is 35.9 Å². The Balaban J connectivity index is 0.00000312. The van der Waals surface area contributed by atoms with E-state index in [4.69, 9.17) is 15.3 Å². The number of aliphatic hydroxyl groups excluding tert-OH is 1. The maximum Gasteiger partial charge on any atom is 0.416 e. The van der Waals surface area contributed by atoms with E-state index in [9.17, 15) is 26.3 Å². The normalized spacial score (nSPS) is 13.4. The van der Waals surface area contributed by atoms with E-state index < -0.39 is 29.5 Å². The van der Waals surface area contributed by atoms with Crippen molar-refractivity contribution in [3.8, 4) is 11.3 Å². The summed E-state index contributed by atoms with van der Waals surface area (Å²) < 4.78 is 82.2. The van der Waals surface area contributed by atoms with E-state index in [0.717, 1.165) is 0 Å². The maximum atomic E-state index is 12.8. The van der Waals surface area contributed by atoms with Crippen LogP contribution in [0.4, 0.5) is 26.3 Å². The van der Waals surface area contributed by atoms with Gasteiger partial charge in [-0.25, -0.2) is 0 Å². The molecule has 1 aromatic carbocycles. The summed E-state index contributed by atoms with van der Waals surface area (Å²) in [6, 6.07) is 3.23. The Morgan fingerprint density at radius 2 is 1.48 bits per heavy atom. The summed E-state index contributed by atoms with van der Waals surface area (Å²) in [7, 11) is 0. The topological polar surface area (TPSA) is 59.4 Å². The van der Waals surface area contributed by atoms with Gasteiger partial charge in [-0.3, -0.25) is 0 Å². The number of hydrogen-bond donors (Lipinski definition) is 2. The molecular weight excluding hydrogens is 376 g/mol. The van der Waals surface area contributed by atoms with Gasteiger partial charge in [0.25, 0.3) is 0 Å². The van der Waals surface area contributed by atoms with Crippen molar-refractivity contribution in [2.45, 2.75) is 24.8 Å². The van der Waals surface area contributed by atoms with Crippen molar-refractivity contribution in [3.05, 3.63) is 47.2 Å². The van der Waals surface area contributed by atoms with Crippen LogP contribution in [0.3, 0.4) is 0 Å². The fraction of sp³-hybridized carbons (Fsp3) is 0.333. The van der Waals surface area contributed by atoms with Crippen LogP contribution in [0.5, 0.6) is 0 Å². The van der Waals surface area contributed by atoms with Crippen LogP contribution in [-0.4, -0.2) is 17.8 Å². The molecule has 25 heavy (non-hydrogen) atoms. The molecule has 1 atom stereocenters. The Morgan fingerprint density at radius 1 is 0.960 bits per heavy atom. The predicted molar refractivity (Wildman–Crippen MR) is 80.2 cm³/mol. The molecule has 2 aromatic rings. The largest absolute Gasteiger partial charge is 0.461 e. The van der Waals surface area contributed by atoms with Gasteiger partial charge in [-0.1, -0.05) is 0 Å². The molecule has 0 spiro atoms. The zero-order chi connectivity index (χ0) is 18.1. The molecule has 140 valence electrons. The number of nitrogens with two attached hydrogens (primary N) is 1. The Kier molecular flexibility index (Phi) is 6.55. The third-order valence-electron chi connectivity index (χ3n) is 3.23. The Labute approximate surface area is 144 Å². The molecule has 10 heteroatoms. The summed E-state index contributed by atoms with van der Waals surface area (Å²) in [5, 5.41) is 8.86. The minimum absolute atomic E-state index is 0. The molecule has 0 fully saturated rings. The highest BCUT2D eigenvalue weighted by Gasteiger charge is 2.37. The highest BCUT2D eigenvalue weighted by molar-refractivity contribution is 5.85. The number of furan rings is 1. The minimum Gasteiger partial charge on any atom is -0.461 e. The van der Waals surface area contributed by atoms with Crippen LogP contribution in [-0.2, 0) is 18.8 Å². The molecule has 0 aliphatic rings. The molecule has 0 saturated carbocycles. The first-order valence-electron chi connectivity index (χ1n) is 6.75. The molecule has 0 aliphatic heterocycles. The van der Waals surface area contributed by atoms with Crippen molar-refractivity contribution in [1.82, 2.24) is 0 Å². The summed E-state index contributed by atoms with van der Waals surface area (Å²) in [6.45, 7) is -0.336. The van der Waals surface area contributed by atoms with Gasteiger partial charge in [-0.15, -0.1) is 12.4 Å². The van der Waals surface area contributed by atoms with Crippen LogP contribution >= 0.6 is 12.4 Å². The summed E-state index contributed by atoms with van der Waals surface area (Å²) in [4.78, 5) is 0. The molecule has 1 aromatic heterocycles. The smallest absolute Gasteiger partial charge is 0.416 e. The molecular formula is C15H14ClF6NO2. The second-order valence-electron chi connectivity index (χ2n) is 5.21. The number of alkyl halides is 6. The molecule has 0 aliphatic carbocycles. The van der Waals surface area contributed by atoms with E-state index in [1.807, 2.05) is 0 Å². The van der Waals surface area contributed by atoms with Crippen LogP contribution in [0.2, 0.25) is 0 Å². The molecule has 0 radical (unpaired) electrons. The standard InChI is InChI=1S/C15H13F6NO2.ClH/c16-14(17,18)9-3-8(4-10(5-9)15(19,20)21)13-2-1-12(24-13)6-11(22)7-23;/h1-5,11,23H,6-7,22H2;1H. The van der Waals surface area contributed by atoms with E-state index in [1.54, 1.807) is 0 Å². The van der Waals surface area contributed by atoms with Gasteiger partial charge in [-0.2, -0.15) is 26.3 Å². The molecule has 0 amide bonds. The van der Waals surface area contributed by atoms with Gasteiger partial charge < -0.3 is 15.3 Å². The lowest BCUT2D eigenvalue weighted by Gasteiger charge is -2.13. The summed E-state index contributed by atoms with van der Waals surface area (Å²) in [6.07, 6.45) is -9.75. The second kappa shape index (κ2) is 7.67. The minimum atomic E-state index is -4.93. The number of aliphatic hydroxyl groups is 1. The highest BCUT2D eigenvalue weighted by Crippen LogP contribution is 2.38. The molecule has 3 nitrogen and oxygen atoms in total. The van der Waals surface area contributed by atoms with Crippen molar-refractivity contribution in [3.63, 3.8) is 0 Å². The zero-order valence-corrected chi connectivity index (χ0v) is 13.3. The predicted octanol–water partition coefficient (Wildman–Crippen LogP) is 4.27. The van der Waals surface area contributed by atoms with Gasteiger partial charge in [0.1, 0.15) is 11.5 Å². The van der Waals surface area contributed by atoms with Gasteiger partial charge in [0.15, 0.2) is 0 Å². The van der Waals surface area contributed by atoms with Crippen LogP contribution < -0.4 is 5.73 Å². The van der Waals surface area contributed by atoms with Crippen LogP contribution in [0.25, 0.3) is 11.3 Å². The monoisotopic (exact) mass is 389 g/mol.